The van der Waals surface area contributed by atoms with Crippen LogP contribution in [0.15, 0.2) is 0 Å². The van der Waals surface area contributed by atoms with Crippen LogP contribution >= 0.6 is 0 Å². The van der Waals surface area contributed by atoms with Gasteiger partial charge in [0.25, 0.3) is 0 Å². The summed E-state index contributed by atoms with van der Waals surface area (Å²) in [4.78, 5) is 15.9. The molecule has 2 unspecified atom stereocenters. The van der Waals surface area contributed by atoms with E-state index in [0.717, 1.165) is 25.9 Å². The Morgan fingerprint density at radius 3 is 2.75 bits per heavy atom. The molecule has 0 aromatic carbocycles. The summed E-state index contributed by atoms with van der Waals surface area (Å²) in [5.41, 5.74) is 0. The van der Waals surface area contributed by atoms with Gasteiger partial charge in [0.2, 0.25) is 5.91 Å². The van der Waals surface area contributed by atoms with E-state index in [1.54, 1.807) is 11.9 Å². The second-order valence-electron chi connectivity index (χ2n) is 5.96. The van der Waals surface area contributed by atoms with E-state index >= 15 is 0 Å². The average Bonchev–Trinajstić information content (AvgIpc) is 2.95. The first-order chi connectivity index (χ1) is 9.41. The SMILES string of the molecule is CN(C(=O)CN1CCC(CCO)C1)C1CCS(=O)(=O)C1. The first kappa shape index (κ1) is 15.7. The van der Waals surface area contributed by atoms with Crippen LogP contribution in [0.25, 0.3) is 0 Å². The van der Waals surface area contributed by atoms with Gasteiger partial charge < -0.3 is 10.0 Å². The molecule has 6 nitrogen and oxygen atoms in total. The quantitative estimate of drug-likeness (QED) is 0.729. The Balaban J connectivity index is 1.80. The van der Waals surface area contributed by atoms with E-state index in [9.17, 15) is 13.2 Å². The van der Waals surface area contributed by atoms with Gasteiger partial charge in [-0.1, -0.05) is 0 Å². The van der Waals surface area contributed by atoms with E-state index in [4.69, 9.17) is 5.11 Å². The van der Waals surface area contributed by atoms with Gasteiger partial charge in [0.15, 0.2) is 9.84 Å². The lowest BCUT2D eigenvalue weighted by atomic mass is 10.1. The third-order valence-corrected chi connectivity index (χ3v) is 6.17. The molecule has 0 radical (unpaired) electrons. The van der Waals surface area contributed by atoms with Crippen molar-refractivity contribution in [3.8, 4) is 0 Å². The topological polar surface area (TPSA) is 77.9 Å². The van der Waals surface area contributed by atoms with Gasteiger partial charge in [-0.15, -0.1) is 0 Å². The molecule has 2 aliphatic rings. The molecule has 2 saturated heterocycles. The maximum atomic E-state index is 12.2. The van der Waals surface area contributed by atoms with Gasteiger partial charge in [0, 0.05) is 26.2 Å². The summed E-state index contributed by atoms with van der Waals surface area (Å²) in [6.07, 6.45) is 2.37. The zero-order valence-corrected chi connectivity index (χ0v) is 12.8. The third kappa shape index (κ3) is 3.93. The molecular weight excluding hydrogens is 280 g/mol. The van der Waals surface area contributed by atoms with Crippen LogP contribution in [0.2, 0.25) is 0 Å². The van der Waals surface area contributed by atoms with E-state index < -0.39 is 9.84 Å². The number of aliphatic hydroxyl groups excluding tert-OH is 1. The van der Waals surface area contributed by atoms with Crippen molar-refractivity contribution in [3.63, 3.8) is 0 Å². The number of aliphatic hydroxyl groups is 1. The monoisotopic (exact) mass is 304 g/mol. The Morgan fingerprint density at radius 2 is 2.15 bits per heavy atom. The number of carbonyl (C=O) groups excluding carboxylic acids is 1. The maximum absolute atomic E-state index is 12.2. The average molecular weight is 304 g/mol. The minimum Gasteiger partial charge on any atom is -0.396 e. The van der Waals surface area contributed by atoms with E-state index in [1.165, 1.54) is 0 Å². The Hall–Kier alpha value is -0.660. The molecule has 2 heterocycles. The highest BCUT2D eigenvalue weighted by Gasteiger charge is 2.33. The fourth-order valence-corrected chi connectivity index (χ4v) is 4.84. The Morgan fingerprint density at radius 1 is 1.40 bits per heavy atom. The summed E-state index contributed by atoms with van der Waals surface area (Å²) >= 11 is 0. The molecule has 0 saturated carbocycles. The smallest absolute Gasteiger partial charge is 0.236 e. The fourth-order valence-electron chi connectivity index (χ4n) is 3.06. The first-order valence-corrected chi connectivity index (χ1v) is 9.02. The van der Waals surface area contributed by atoms with Crippen molar-refractivity contribution in [3.05, 3.63) is 0 Å². The number of amides is 1. The predicted octanol–water partition coefficient (Wildman–Crippen LogP) is -0.664. The minimum absolute atomic E-state index is 0.00301. The van der Waals surface area contributed by atoms with Crippen LogP contribution in [0.5, 0.6) is 0 Å². The molecule has 2 atom stereocenters. The molecule has 2 aliphatic heterocycles. The normalized spacial score (nSPS) is 29.7. The van der Waals surface area contributed by atoms with Gasteiger partial charge in [0.1, 0.15) is 0 Å². The molecule has 0 aromatic heterocycles. The Labute approximate surface area is 120 Å². The van der Waals surface area contributed by atoms with Crippen molar-refractivity contribution in [1.82, 2.24) is 9.80 Å². The van der Waals surface area contributed by atoms with E-state index in [0.29, 0.717) is 18.9 Å². The lowest BCUT2D eigenvalue weighted by Gasteiger charge is -2.26. The lowest BCUT2D eigenvalue weighted by molar-refractivity contribution is -0.132. The number of rotatable bonds is 5. The predicted molar refractivity (Wildman–Crippen MR) is 76.1 cm³/mol. The molecule has 0 spiro atoms. The number of sulfone groups is 1. The minimum atomic E-state index is -2.95. The van der Waals surface area contributed by atoms with Crippen LogP contribution in [0, 0.1) is 5.92 Å². The van der Waals surface area contributed by atoms with E-state index in [2.05, 4.69) is 4.90 Å². The molecule has 1 amide bonds. The summed E-state index contributed by atoms with van der Waals surface area (Å²) in [5, 5.41) is 8.93. The van der Waals surface area contributed by atoms with Crippen LogP contribution < -0.4 is 0 Å². The number of likely N-dealkylation sites (N-methyl/N-ethyl adjacent to an activating group) is 1. The molecule has 2 rings (SSSR count). The summed E-state index contributed by atoms with van der Waals surface area (Å²) in [5.74, 6) is 0.765. The molecule has 116 valence electrons. The highest BCUT2D eigenvalue weighted by molar-refractivity contribution is 7.91. The van der Waals surface area contributed by atoms with Gasteiger partial charge in [0.05, 0.1) is 18.1 Å². The molecule has 7 heteroatoms. The molecule has 0 bridgehead atoms. The first-order valence-electron chi connectivity index (χ1n) is 7.20. The highest BCUT2D eigenvalue weighted by atomic mass is 32.2. The van der Waals surface area contributed by atoms with Gasteiger partial charge >= 0.3 is 0 Å². The van der Waals surface area contributed by atoms with Crippen molar-refractivity contribution in [2.75, 3.05) is 44.8 Å². The molecule has 0 aromatic rings. The van der Waals surface area contributed by atoms with Crippen molar-refractivity contribution >= 4 is 15.7 Å². The molecule has 1 N–H and O–H groups in total. The summed E-state index contributed by atoms with van der Waals surface area (Å²) in [7, 11) is -1.25. The van der Waals surface area contributed by atoms with E-state index in [1.807, 2.05) is 0 Å². The molecular formula is C13H24N2O4S. The van der Waals surface area contributed by atoms with Crippen molar-refractivity contribution < 1.29 is 18.3 Å². The summed E-state index contributed by atoms with van der Waals surface area (Å²) in [6.45, 7) is 2.29. The largest absolute Gasteiger partial charge is 0.396 e. The van der Waals surface area contributed by atoms with Gasteiger partial charge in [-0.25, -0.2) is 8.42 Å². The Kier molecular flexibility index (Phi) is 5.04. The van der Waals surface area contributed by atoms with Crippen LogP contribution in [0.1, 0.15) is 19.3 Å². The van der Waals surface area contributed by atoms with Crippen molar-refractivity contribution in [2.24, 2.45) is 5.92 Å². The van der Waals surface area contributed by atoms with Gasteiger partial charge in [-0.05, 0) is 31.7 Å². The van der Waals surface area contributed by atoms with Crippen LogP contribution in [0.3, 0.4) is 0 Å². The maximum Gasteiger partial charge on any atom is 0.236 e. The number of hydrogen-bond acceptors (Lipinski definition) is 5. The lowest BCUT2D eigenvalue weighted by Crippen LogP contribution is -2.43. The van der Waals surface area contributed by atoms with Gasteiger partial charge in [-0.2, -0.15) is 0 Å². The Bertz CT molecular complexity index is 451. The highest BCUT2D eigenvalue weighted by Crippen LogP contribution is 2.20. The fraction of sp³-hybridized carbons (Fsp3) is 0.923. The number of likely N-dealkylation sites (tertiary alicyclic amines) is 1. The number of carbonyl (C=O) groups is 1. The van der Waals surface area contributed by atoms with Crippen molar-refractivity contribution in [1.29, 1.82) is 0 Å². The van der Waals surface area contributed by atoms with E-state index in [-0.39, 0.29) is 30.1 Å². The number of nitrogens with zero attached hydrogens (tertiary/aromatic N) is 2. The zero-order chi connectivity index (χ0) is 14.8. The molecule has 2 fully saturated rings. The zero-order valence-electron chi connectivity index (χ0n) is 12.0. The number of hydrogen-bond donors (Lipinski definition) is 1. The molecule has 20 heavy (non-hydrogen) atoms. The second kappa shape index (κ2) is 6.41. The van der Waals surface area contributed by atoms with Crippen LogP contribution in [-0.4, -0.2) is 80.1 Å². The summed E-state index contributed by atoms with van der Waals surface area (Å²) in [6, 6.07) is -0.164. The third-order valence-electron chi connectivity index (χ3n) is 4.42. The molecule has 0 aliphatic carbocycles. The van der Waals surface area contributed by atoms with Crippen molar-refractivity contribution in [2.45, 2.75) is 25.3 Å². The second-order valence-corrected chi connectivity index (χ2v) is 8.19. The standard InChI is InChI=1S/C13H24N2O4S/c1-14(12-4-7-20(18,19)10-12)13(17)9-15-5-2-11(8-15)3-6-16/h11-12,16H,2-10H2,1H3. The summed E-state index contributed by atoms with van der Waals surface area (Å²) < 4.78 is 22.9. The van der Waals surface area contributed by atoms with Gasteiger partial charge in [-0.3, -0.25) is 9.69 Å². The van der Waals surface area contributed by atoms with Crippen LogP contribution in [-0.2, 0) is 14.6 Å². The van der Waals surface area contributed by atoms with Crippen LogP contribution in [0.4, 0.5) is 0 Å².